The van der Waals surface area contributed by atoms with Crippen molar-refractivity contribution in [1.82, 2.24) is 0 Å². The maximum atomic E-state index is 4.78. The van der Waals surface area contributed by atoms with Crippen molar-refractivity contribution in [3.63, 3.8) is 0 Å². The lowest BCUT2D eigenvalue weighted by atomic mass is 10.5. The van der Waals surface area contributed by atoms with Crippen LogP contribution in [0.1, 0.15) is 28.2 Å². The van der Waals surface area contributed by atoms with E-state index in [9.17, 15) is 0 Å². The van der Waals surface area contributed by atoms with Crippen molar-refractivity contribution in [2.45, 2.75) is 28.2 Å². The molecule has 63 valence electrons. The molecule has 0 aliphatic rings. The largest absolute Gasteiger partial charge is 0.120 e. The van der Waals surface area contributed by atoms with Gasteiger partial charge in [0.15, 0.2) is 0 Å². The van der Waals surface area contributed by atoms with E-state index in [0.717, 1.165) is 6.42 Å². The highest BCUT2D eigenvalue weighted by Crippen LogP contribution is 1.68. The SMILES string of the molecule is C.C.C#CCBr.C#CCC.[B]. The Kier molecular flexibility index (Phi) is 152. The minimum absolute atomic E-state index is 0. The topological polar surface area (TPSA) is 0 Å². The second-order valence-corrected chi connectivity index (χ2v) is 1.46. The third-order valence-corrected chi connectivity index (χ3v) is 0.605. The molecule has 0 spiro atoms. The molecule has 0 saturated heterocycles. The Morgan fingerprint density at radius 2 is 1.36 bits per heavy atom. The molecule has 0 aliphatic carbocycles. The lowest BCUT2D eigenvalue weighted by Gasteiger charge is -1.52. The zero-order valence-electron chi connectivity index (χ0n) is 5.52. The Labute approximate surface area is 82.9 Å². The van der Waals surface area contributed by atoms with Crippen LogP contribution in [0.2, 0.25) is 0 Å². The van der Waals surface area contributed by atoms with E-state index in [1.807, 2.05) is 6.92 Å². The van der Waals surface area contributed by atoms with Gasteiger partial charge in [-0.25, -0.2) is 0 Å². The highest BCUT2D eigenvalue weighted by atomic mass is 79.9. The van der Waals surface area contributed by atoms with Crippen LogP contribution >= 0.6 is 15.9 Å². The van der Waals surface area contributed by atoms with Gasteiger partial charge < -0.3 is 0 Å². The third kappa shape index (κ3) is 205. The summed E-state index contributed by atoms with van der Waals surface area (Å²) in [5.41, 5.74) is 0. The average Bonchev–Trinajstić information content (AvgIpc) is 1.88. The molecule has 2 heteroatoms. The van der Waals surface area contributed by atoms with E-state index in [1.165, 1.54) is 0 Å². The molecule has 0 aromatic rings. The second kappa shape index (κ2) is 54.0. The summed E-state index contributed by atoms with van der Waals surface area (Å²) in [7, 11) is 0. The maximum Gasteiger partial charge on any atom is 0.0642 e. The fourth-order valence-corrected chi connectivity index (χ4v) is 0. The average molecular weight is 216 g/mol. The monoisotopic (exact) mass is 215 g/mol. The summed E-state index contributed by atoms with van der Waals surface area (Å²) >= 11 is 3.01. The van der Waals surface area contributed by atoms with Crippen molar-refractivity contribution in [3.8, 4) is 24.7 Å². The van der Waals surface area contributed by atoms with E-state index in [2.05, 4.69) is 27.8 Å². The molecule has 0 amide bonds. The lowest BCUT2D eigenvalue weighted by molar-refractivity contribution is 1.28. The molecule has 0 bridgehead atoms. The first-order chi connectivity index (χ1) is 3.83. The normalized spacial score (nSPS) is 3.64. The van der Waals surface area contributed by atoms with Crippen molar-refractivity contribution in [2.24, 2.45) is 0 Å². The van der Waals surface area contributed by atoms with Gasteiger partial charge in [-0.05, 0) is 0 Å². The van der Waals surface area contributed by atoms with E-state index in [0.29, 0.717) is 5.33 Å². The summed E-state index contributed by atoms with van der Waals surface area (Å²) in [6.07, 6.45) is 10.4. The summed E-state index contributed by atoms with van der Waals surface area (Å²) < 4.78 is 0. The smallest absolute Gasteiger partial charge is 0.0642 e. The van der Waals surface area contributed by atoms with Crippen LogP contribution in [0, 0.1) is 24.7 Å². The molecule has 0 aliphatic heterocycles. The minimum atomic E-state index is 0. The van der Waals surface area contributed by atoms with Gasteiger partial charge in [-0.2, -0.15) is 0 Å². The Balaban J connectivity index is -0.0000000171. The minimum Gasteiger partial charge on any atom is -0.120 e. The van der Waals surface area contributed by atoms with Crippen molar-refractivity contribution < 1.29 is 0 Å². The molecule has 11 heavy (non-hydrogen) atoms. The van der Waals surface area contributed by atoms with Crippen LogP contribution in [-0.2, 0) is 0 Å². The number of rotatable bonds is 0. The first-order valence-electron chi connectivity index (χ1n) is 2.26. The van der Waals surface area contributed by atoms with Crippen molar-refractivity contribution in [2.75, 3.05) is 5.33 Å². The molecule has 0 fully saturated rings. The van der Waals surface area contributed by atoms with Crippen LogP contribution in [0.25, 0.3) is 0 Å². The van der Waals surface area contributed by atoms with Crippen molar-refractivity contribution >= 4 is 24.3 Å². The molecule has 3 radical (unpaired) electrons. The van der Waals surface area contributed by atoms with Gasteiger partial charge in [0.25, 0.3) is 0 Å². The predicted octanol–water partition coefficient (Wildman–Crippen LogP) is 2.94. The first-order valence-corrected chi connectivity index (χ1v) is 3.38. The Bertz CT molecular complexity index is 83.1. The summed E-state index contributed by atoms with van der Waals surface area (Å²) in [6.45, 7) is 1.94. The molecule has 0 rings (SSSR count). The third-order valence-electron chi connectivity index (χ3n) is 0.281. The number of alkyl halides is 1. The van der Waals surface area contributed by atoms with Crippen molar-refractivity contribution in [1.29, 1.82) is 0 Å². The lowest BCUT2D eigenvalue weighted by Crippen LogP contribution is -1.45. The Hall–Kier alpha value is -0.335. The molecule has 0 aromatic heterocycles. The van der Waals surface area contributed by atoms with E-state index in [4.69, 9.17) is 12.8 Å². The van der Waals surface area contributed by atoms with Gasteiger partial charge in [0.05, 0.1) is 5.33 Å². The van der Waals surface area contributed by atoms with Gasteiger partial charge >= 0.3 is 0 Å². The number of halogens is 1. The van der Waals surface area contributed by atoms with Crippen LogP contribution in [0.15, 0.2) is 0 Å². The van der Waals surface area contributed by atoms with E-state index in [-0.39, 0.29) is 23.3 Å². The van der Waals surface area contributed by atoms with Crippen molar-refractivity contribution in [3.05, 3.63) is 0 Å². The number of hydrogen-bond donors (Lipinski definition) is 0. The van der Waals surface area contributed by atoms with E-state index in [1.54, 1.807) is 0 Å². The first kappa shape index (κ1) is 31.0. The Morgan fingerprint density at radius 1 is 1.18 bits per heavy atom. The van der Waals surface area contributed by atoms with Gasteiger partial charge in [-0.15, -0.1) is 18.8 Å². The number of terminal acetylenes is 2. The molecule has 0 saturated carbocycles. The van der Waals surface area contributed by atoms with Gasteiger partial charge in [-0.1, -0.05) is 43.6 Å². The van der Waals surface area contributed by atoms with Gasteiger partial charge in [0.2, 0.25) is 0 Å². The Morgan fingerprint density at radius 3 is 1.36 bits per heavy atom. The zero-order valence-corrected chi connectivity index (χ0v) is 7.11. The van der Waals surface area contributed by atoms with Gasteiger partial charge in [-0.3, -0.25) is 0 Å². The fraction of sp³-hybridized carbons (Fsp3) is 0.556. The molecule has 0 unspecified atom stereocenters. The zero-order chi connectivity index (χ0) is 6.83. The van der Waals surface area contributed by atoms with E-state index >= 15 is 0 Å². The summed E-state index contributed by atoms with van der Waals surface area (Å²) in [6, 6.07) is 0. The van der Waals surface area contributed by atoms with Gasteiger partial charge in [0.1, 0.15) is 0 Å². The molecular formula is C9H17BBr. The molecule has 0 nitrogen and oxygen atoms in total. The number of hydrogen-bond acceptors (Lipinski definition) is 0. The van der Waals surface area contributed by atoms with Crippen LogP contribution in [0.4, 0.5) is 0 Å². The quantitative estimate of drug-likeness (QED) is 0.331. The van der Waals surface area contributed by atoms with Crippen LogP contribution in [0.5, 0.6) is 0 Å². The highest BCUT2D eigenvalue weighted by molar-refractivity contribution is 9.09. The van der Waals surface area contributed by atoms with Gasteiger partial charge in [0, 0.05) is 14.8 Å². The van der Waals surface area contributed by atoms with E-state index < -0.39 is 0 Å². The highest BCUT2D eigenvalue weighted by Gasteiger charge is 1.46. The second-order valence-electron chi connectivity index (χ2n) is 0.895. The van der Waals surface area contributed by atoms with Crippen LogP contribution in [-0.4, -0.2) is 13.7 Å². The fourth-order valence-electron chi connectivity index (χ4n) is 0. The van der Waals surface area contributed by atoms with Crippen LogP contribution in [0.3, 0.4) is 0 Å². The molecule has 0 N–H and O–H groups in total. The standard InChI is InChI=1S/C4H6.C3H3Br.2CH4.B/c1-3-4-2;1-2-3-4;;;/h1H,4H2,2H3;1H,3H2;2*1H4;. The van der Waals surface area contributed by atoms with Crippen LogP contribution < -0.4 is 0 Å². The molecule has 0 atom stereocenters. The predicted molar refractivity (Wildman–Crippen MR) is 61.0 cm³/mol. The summed E-state index contributed by atoms with van der Waals surface area (Å²) in [5, 5.41) is 0.660. The molecule has 0 heterocycles. The maximum absolute atomic E-state index is 4.78. The summed E-state index contributed by atoms with van der Waals surface area (Å²) in [5.74, 6) is 4.78. The molecule has 0 aromatic carbocycles. The molecular weight excluding hydrogens is 199 g/mol. The summed E-state index contributed by atoms with van der Waals surface area (Å²) in [4.78, 5) is 0.